The third kappa shape index (κ3) is 5.47. The zero-order chi connectivity index (χ0) is 16.0. The SMILES string of the molecule is CC(C)CC(NC(N)=O)C(=O)Nc1cncc(C(=O)O)c1. The number of nitrogens with one attached hydrogen (secondary N) is 2. The molecule has 8 nitrogen and oxygen atoms in total. The fraction of sp³-hybridized carbons (Fsp3) is 0.385. The van der Waals surface area contributed by atoms with Crippen molar-refractivity contribution in [1.82, 2.24) is 10.3 Å². The summed E-state index contributed by atoms with van der Waals surface area (Å²) < 4.78 is 0. The highest BCUT2D eigenvalue weighted by Gasteiger charge is 2.21. The van der Waals surface area contributed by atoms with Crippen LogP contribution in [0.25, 0.3) is 0 Å². The van der Waals surface area contributed by atoms with Crippen LogP contribution in [0.3, 0.4) is 0 Å². The number of amides is 3. The molecule has 0 fully saturated rings. The molecule has 0 aliphatic heterocycles. The average molecular weight is 294 g/mol. The number of urea groups is 1. The molecule has 0 aliphatic carbocycles. The number of anilines is 1. The molecule has 1 aromatic rings. The van der Waals surface area contributed by atoms with Gasteiger partial charge in [0.15, 0.2) is 0 Å². The quantitative estimate of drug-likeness (QED) is 0.615. The number of carboxylic acid groups (broad SMARTS) is 1. The Balaban J connectivity index is 2.82. The van der Waals surface area contributed by atoms with Crippen molar-refractivity contribution in [2.24, 2.45) is 11.7 Å². The van der Waals surface area contributed by atoms with Gasteiger partial charge in [-0.05, 0) is 18.4 Å². The molecule has 114 valence electrons. The number of nitrogens with zero attached hydrogens (tertiary/aromatic N) is 1. The molecule has 0 aliphatic rings. The van der Waals surface area contributed by atoms with Crippen LogP contribution in [0.4, 0.5) is 10.5 Å². The molecule has 1 rings (SSSR count). The van der Waals surface area contributed by atoms with Crippen LogP contribution < -0.4 is 16.4 Å². The topological polar surface area (TPSA) is 134 Å². The minimum absolute atomic E-state index is 0.0453. The Morgan fingerprint density at radius 3 is 2.52 bits per heavy atom. The van der Waals surface area contributed by atoms with E-state index in [-0.39, 0.29) is 17.2 Å². The lowest BCUT2D eigenvalue weighted by atomic mass is 10.0. The standard InChI is InChI=1S/C13H18N4O4/c1-7(2)3-10(17-13(14)21)11(18)16-9-4-8(12(19)20)5-15-6-9/h4-7,10H,3H2,1-2H3,(H,16,18)(H,19,20)(H3,14,17,21). The summed E-state index contributed by atoms with van der Waals surface area (Å²) in [5.41, 5.74) is 5.23. The smallest absolute Gasteiger partial charge is 0.337 e. The van der Waals surface area contributed by atoms with Crippen LogP contribution in [0.15, 0.2) is 18.5 Å². The van der Waals surface area contributed by atoms with Gasteiger partial charge in [0.25, 0.3) is 0 Å². The highest BCUT2D eigenvalue weighted by Crippen LogP contribution is 2.11. The molecule has 0 spiro atoms. The van der Waals surface area contributed by atoms with Crippen LogP contribution >= 0.6 is 0 Å². The molecule has 1 unspecified atom stereocenters. The first kappa shape index (κ1) is 16.4. The fourth-order valence-corrected chi connectivity index (χ4v) is 1.73. The molecular weight excluding hydrogens is 276 g/mol. The van der Waals surface area contributed by atoms with E-state index in [1.165, 1.54) is 18.5 Å². The second-order valence-electron chi connectivity index (χ2n) is 4.95. The molecule has 8 heteroatoms. The lowest BCUT2D eigenvalue weighted by Gasteiger charge is -2.19. The molecule has 0 saturated carbocycles. The van der Waals surface area contributed by atoms with E-state index < -0.39 is 23.9 Å². The zero-order valence-electron chi connectivity index (χ0n) is 11.8. The van der Waals surface area contributed by atoms with Gasteiger partial charge in [0.1, 0.15) is 6.04 Å². The van der Waals surface area contributed by atoms with E-state index in [2.05, 4.69) is 15.6 Å². The van der Waals surface area contributed by atoms with Gasteiger partial charge in [-0.25, -0.2) is 9.59 Å². The molecule has 0 radical (unpaired) electrons. The van der Waals surface area contributed by atoms with Gasteiger partial charge in [-0.2, -0.15) is 0 Å². The summed E-state index contributed by atoms with van der Waals surface area (Å²) in [6.07, 6.45) is 2.90. The first-order chi connectivity index (χ1) is 9.79. The minimum atomic E-state index is -1.15. The summed E-state index contributed by atoms with van der Waals surface area (Å²) in [5, 5.41) is 13.7. The Morgan fingerprint density at radius 1 is 1.33 bits per heavy atom. The Kier molecular flexibility index (Phi) is 5.65. The molecule has 0 bridgehead atoms. The number of rotatable bonds is 6. The molecule has 0 aromatic carbocycles. The molecule has 21 heavy (non-hydrogen) atoms. The summed E-state index contributed by atoms with van der Waals surface area (Å²) in [6.45, 7) is 3.80. The van der Waals surface area contributed by atoms with Gasteiger partial charge in [-0.1, -0.05) is 13.8 Å². The Labute approximate surface area is 121 Å². The largest absolute Gasteiger partial charge is 0.478 e. The lowest BCUT2D eigenvalue weighted by Crippen LogP contribution is -2.46. The van der Waals surface area contributed by atoms with E-state index in [4.69, 9.17) is 10.8 Å². The number of hydrogen-bond acceptors (Lipinski definition) is 4. The van der Waals surface area contributed by atoms with Crippen LogP contribution in [0, 0.1) is 5.92 Å². The fourth-order valence-electron chi connectivity index (χ4n) is 1.73. The van der Waals surface area contributed by atoms with Crippen molar-refractivity contribution in [3.05, 3.63) is 24.0 Å². The highest BCUT2D eigenvalue weighted by molar-refractivity contribution is 5.97. The minimum Gasteiger partial charge on any atom is -0.478 e. The number of pyridine rings is 1. The summed E-state index contributed by atoms with van der Waals surface area (Å²) in [5.74, 6) is -1.46. The van der Waals surface area contributed by atoms with Gasteiger partial charge in [0, 0.05) is 6.20 Å². The molecule has 1 heterocycles. The number of nitrogens with two attached hydrogens (primary N) is 1. The van der Waals surface area contributed by atoms with Crippen molar-refractivity contribution in [2.45, 2.75) is 26.3 Å². The average Bonchev–Trinajstić information content (AvgIpc) is 2.37. The van der Waals surface area contributed by atoms with Crippen LogP contribution in [0.5, 0.6) is 0 Å². The van der Waals surface area contributed by atoms with E-state index in [1.54, 1.807) is 0 Å². The van der Waals surface area contributed by atoms with E-state index in [0.717, 1.165) is 0 Å². The summed E-state index contributed by atoms with van der Waals surface area (Å²) in [4.78, 5) is 37.6. The number of carbonyl (C=O) groups excluding carboxylic acids is 2. The van der Waals surface area contributed by atoms with Crippen molar-refractivity contribution in [3.8, 4) is 0 Å². The highest BCUT2D eigenvalue weighted by atomic mass is 16.4. The van der Waals surface area contributed by atoms with Crippen LogP contribution in [-0.2, 0) is 4.79 Å². The van der Waals surface area contributed by atoms with Gasteiger partial charge in [-0.3, -0.25) is 9.78 Å². The summed E-state index contributed by atoms with van der Waals surface area (Å²) in [6, 6.07) is -0.312. The van der Waals surface area contributed by atoms with Crippen molar-refractivity contribution in [3.63, 3.8) is 0 Å². The number of carboxylic acids is 1. The number of hydrogen-bond donors (Lipinski definition) is 4. The number of primary amides is 1. The third-order valence-electron chi connectivity index (χ3n) is 2.59. The van der Waals surface area contributed by atoms with Crippen LogP contribution in [0.1, 0.15) is 30.6 Å². The van der Waals surface area contributed by atoms with E-state index in [0.29, 0.717) is 6.42 Å². The molecule has 1 atom stereocenters. The van der Waals surface area contributed by atoms with Crippen molar-refractivity contribution in [2.75, 3.05) is 5.32 Å². The molecular formula is C13H18N4O4. The maximum Gasteiger partial charge on any atom is 0.337 e. The summed E-state index contributed by atoms with van der Waals surface area (Å²) in [7, 11) is 0. The van der Waals surface area contributed by atoms with E-state index in [1.807, 2.05) is 13.8 Å². The Hall–Kier alpha value is -2.64. The second kappa shape index (κ2) is 7.22. The predicted octanol–water partition coefficient (Wildman–Crippen LogP) is 0.801. The molecule has 1 aromatic heterocycles. The number of carbonyl (C=O) groups is 3. The van der Waals surface area contributed by atoms with Crippen molar-refractivity contribution >= 4 is 23.6 Å². The molecule has 0 saturated heterocycles. The monoisotopic (exact) mass is 294 g/mol. The van der Waals surface area contributed by atoms with Gasteiger partial charge in [0.2, 0.25) is 5.91 Å². The lowest BCUT2D eigenvalue weighted by molar-refractivity contribution is -0.118. The molecule has 3 amide bonds. The van der Waals surface area contributed by atoms with Crippen LogP contribution in [0.2, 0.25) is 0 Å². The first-order valence-electron chi connectivity index (χ1n) is 6.34. The van der Waals surface area contributed by atoms with Gasteiger partial charge < -0.3 is 21.5 Å². The van der Waals surface area contributed by atoms with E-state index in [9.17, 15) is 14.4 Å². The van der Waals surface area contributed by atoms with Gasteiger partial charge >= 0.3 is 12.0 Å². The number of aromatic carboxylic acids is 1. The normalized spacial score (nSPS) is 11.8. The third-order valence-corrected chi connectivity index (χ3v) is 2.59. The Bertz CT molecular complexity index is 545. The summed E-state index contributed by atoms with van der Waals surface area (Å²) >= 11 is 0. The predicted molar refractivity (Wildman–Crippen MR) is 75.8 cm³/mol. The second-order valence-corrected chi connectivity index (χ2v) is 4.95. The van der Waals surface area contributed by atoms with Gasteiger partial charge in [0.05, 0.1) is 17.4 Å². The maximum atomic E-state index is 12.1. The van der Waals surface area contributed by atoms with Crippen LogP contribution in [-0.4, -0.2) is 34.0 Å². The number of aromatic nitrogens is 1. The zero-order valence-corrected chi connectivity index (χ0v) is 11.8. The Morgan fingerprint density at radius 2 is 2.00 bits per heavy atom. The van der Waals surface area contributed by atoms with Crippen molar-refractivity contribution < 1.29 is 19.5 Å². The van der Waals surface area contributed by atoms with E-state index >= 15 is 0 Å². The molecule has 5 N–H and O–H groups in total. The van der Waals surface area contributed by atoms with Gasteiger partial charge in [-0.15, -0.1) is 0 Å². The first-order valence-corrected chi connectivity index (χ1v) is 6.34. The van der Waals surface area contributed by atoms with Crippen molar-refractivity contribution in [1.29, 1.82) is 0 Å². The maximum absolute atomic E-state index is 12.1.